The lowest BCUT2D eigenvalue weighted by Gasteiger charge is -2.15. The average Bonchev–Trinajstić information content (AvgIpc) is 2.91. The maximum Gasteiger partial charge on any atom is 0.137 e. The number of aromatic nitrogens is 2. The number of benzene rings is 1. The Morgan fingerprint density at radius 3 is 2.95 bits per heavy atom. The molecule has 0 aliphatic carbocycles. The molecule has 1 aromatic heterocycles. The molecule has 0 fully saturated rings. The number of ether oxygens (including phenoxy) is 1. The molecule has 0 saturated heterocycles. The molecule has 0 amide bonds. The summed E-state index contributed by atoms with van der Waals surface area (Å²) < 4.78 is 7.05. The summed E-state index contributed by atoms with van der Waals surface area (Å²) in [4.78, 5) is 0. The minimum Gasteiger partial charge on any atom is -0.495 e. The van der Waals surface area contributed by atoms with Gasteiger partial charge in [0.2, 0.25) is 0 Å². The molecule has 5 heteroatoms. The first kappa shape index (κ1) is 13.9. The van der Waals surface area contributed by atoms with Crippen molar-refractivity contribution >= 4 is 11.6 Å². The van der Waals surface area contributed by atoms with Crippen LogP contribution in [0.4, 0.5) is 0 Å². The first-order valence-corrected chi connectivity index (χ1v) is 6.62. The second kappa shape index (κ2) is 6.59. The Labute approximate surface area is 118 Å². The number of hydrogen-bond acceptors (Lipinski definition) is 3. The lowest BCUT2D eigenvalue weighted by atomic mass is 10.1. The fourth-order valence-electron chi connectivity index (χ4n) is 1.90. The van der Waals surface area contributed by atoms with E-state index in [-0.39, 0.29) is 6.04 Å². The zero-order chi connectivity index (χ0) is 13.7. The molecule has 1 aromatic carbocycles. The summed E-state index contributed by atoms with van der Waals surface area (Å²) in [5, 5.41) is 8.24. The molecule has 1 atom stereocenters. The first-order valence-electron chi connectivity index (χ1n) is 6.25. The molecular formula is C14H18ClN3O. The third kappa shape index (κ3) is 3.72. The fraction of sp³-hybridized carbons (Fsp3) is 0.357. The van der Waals surface area contributed by atoms with Gasteiger partial charge in [0.1, 0.15) is 5.75 Å². The highest BCUT2D eigenvalue weighted by Gasteiger charge is 2.08. The van der Waals surface area contributed by atoms with Gasteiger partial charge in [0.05, 0.1) is 18.7 Å². The van der Waals surface area contributed by atoms with Crippen molar-refractivity contribution in [2.45, 2.75) is 19.5 Å². The van der Waals surface area contributed by atoms with Gasteiger partial charge in [0.25, 0.3) is 0 Å². The van der Waals surface area contributed by atoms with Gasteiger partial charge in [0.15, 0.2) is 0 Å². The van der Waals surface area contributed by atoms with Crippen LogP contribution in [-0.2, 0) is 6.54 Å². The summed E-state index contributed by atoms with van der Waals surface area (Å²) in [7, 11) is 1.62. The van der Waals surface area contributed by atoms with Crippen LogP contribution in [0.5, 0.6) is 5.75 Å². The van der Waals surface area contributed by atoms with Crippen LogP contribution < -0.4 is 10.1 Å². The maximum atomic E-state index is 6.12. The summed E-state index contributed by atoms with van der Waals surface area (Å²) in [6.07, 6.45) is 3.74. The highest BCUT2D eigenvalue weighted by atomic mass is 35.5. The summed E-state index contributed by atoms with van der Waals surface area (Å²) in [6.45, 7) is 3.81. The molecular weight excluding hydrogens is 262 g/mol. The van der Waals surface area contributed by atoms with Crippen molar-refractivity contribution in [2.24, 2.45) is 0 Å². The molecule has 0 aliphatic heterocycles. The van der Waals surface area contributed by atoms with Gasteiger partial charge < -0.3 is 10.1 Å². The lowest BCUT2D eigenvalue weighted by molar-refractivity contribution is 0.414. The smallest absolute Gasteiger partial charge is 0.137 e. The Balaban J connectivity index is 1.88. The van der Waals surface area contributed by atoms with Gasteiger partial charge >= 0.3 is 0 Å². The summed E-state index contributed by atoms with van der Waals surface area (Å²) >= 11 is 6.12. The number of halogens is 1. The van der Waals surface area contributed by atoms with E-state index in [1.807, 2.05) is 35.1 Å². The van der Waals surface area contributed by atoms with E-state index in [4.69, 9.17) is 16.3 Å². The standard InChI is InChI=1S/C14H18ClN3O/c1-11(16-7-9-18-8-3-6-17-18)12-4-5-14(19-2)13(15)10-12/h3-6,8,10-11,16H,7,9H2,1-2H3. The molecule has 0 aliphatic rings. The Morgan fingerprint density at radius 2 is 2.32 bits per heavy atom. The minimum absolute atomic E-state index is 0.235. The van der Waals surface area contributed by atoms with Crippen molar-refractivity contribution in [1.82, 2.24) is 15.1 Å². The van der Waals surface area contributed by atoms with Crippen molar-refractivity contribution in [2.75, 3.05) is 13.7 Å². The van der Waals surface area contributed by atoms with Gasteiger partial charge in [-0.3, -0.25) is 4.68 Å². The largest absolute Gasteiger partial charge is 0.495 e. The van der Waals surface area contributed by atoms with Crippen LogP contribution in [0.1, 0.15) is 18.5 Å². The third-order valence-corrected chi connectivity index (χ3v) is 3.32. The normalized spacial score (nSPS) is 12.4. The molecule has 2 rings (SSSR count). The molecule has 0 radical (unpaired) electrons. The highest BCUT2D eigenvalue weighted by Crippen LogP contribution is 2.27. The quantitative estimate of drug-likeness (QED) is 0.884. The molecule has 0 bridgehead atoms. The van der Waals surface area contributed by atoms with E-state index >= 15 is 0 Å². The third-order valence-electron chi connectivity index (χ3n) is 3.03. The van der Waals surface area contributed by atoms with Crippen LogP contribution >= 0.6 is 11.6 Å². The summed E-state index contributed by atoms with van der Waals surface area (Å²) in [5.41, 5.74) is 1.14. The molecule has 2 aromatic rings. The predicted octanol–water partition coefficient (Wildman–Crippen LogP) is 2.90. The van der Waals surface area contributed by atoms with E-state index in [1.165, 1.54) is 0 Å². The van der Waals surface area contributed by atoms with Gasteiger partial charge in [-0.05, 0) is 30.7 Å². The number of hydrogen-bond donors (Lipinski definition) is 1. The zero-order valence-electron chi connectivity index (χ0n) is 11.1. The van der Waals surface area contributed by atoms with Gasteiger partial charge in [-0.2, -0.15) is 5.10 Å². The lowest BCUT2D eigenvalue weighted by Crippen LogP contribution is -2.23. The monoisotopic (exact) mass is 279 g/mol. The van der Waals surface area contributed by atoms with Crippen LogP contribution in [-0.4, -0.2) is 23.4 Å². The Morgan fingerprint density at radius 1 is 1.47 bits per heavy atom. The SMILES string of the molecule is COc1ccc(C(C)NCCn2cccn2)cc1Cl. The number of methoxy groups -OCH3 is 1. The van der Waals surface area contributed by atoms with E-state index in [0.717, 1.165) is 18.7 Å². The molecule has 0 saturated carbocycles. The van der Waals surface area contributed by atoms with Crippen molar-refractivity contribution in [3.8, 4) is 5.75 Å². The van der Waals surface area contributed by atoms with E-state index in [0.29, 0.717) is 10.8 Å². The van der Waals surface area contributed by atoms with Crippen LogP contribution in [0.15, 0.2) is 36.7 Å². The van der Waals surface area contributed by atoms with E-state index in [2.05, 4.69) is 17.3 Å². The topological polar surface area (TPSA) is 39.1 Å². The van der Waals surface area contributed by atoms with Gasteiger partial charge in [-0.15, -0.1) is 0 Å². The predicted molar refractivity (Wildman–Crippen MR) is 76.6 cm³/mol. The van der Waals surface area contributed by atoms with Crippen LogP contribution in [0.25, 0.3) is 0 Å². The van der Waals surface area contributed by atoms with Crippen molar-refractivity contribution in [3.05, 3.63) is 47.2 Å². The van der Waals surface area contributed by atoms with E-state index in [9.17, 15) is 0 Å². The second-order valence-electron chi connectivity index (χ2n) is 4.34. The van der Waals surface area contributed by atoms with Crippen LogP contribution in [0.2, 0.25) is 5.02 Å². The molecule has 102 valence electrons. The van der Waals surface area contributed by atoms with E-state index in [1.54, 1.807) is 13.3 Å². The molecule has 1 heterocycles. The van der Waals surface area contributed by atoms with Crippen molar-refractivity contribution < 1.29 is 4.74 Å². The average molecular weight is 280 g/mol. The van der Waals surface area contributed by atoms with Gasteiger partial charge in [-0.25, -0.2) is 0 Å². The number of nitrogens with zero attached hydrogens (tertiary/aromatic N) is 2. The molecule has 1 N–H and O–H groups in total. The van der Waals surface area contributed by atoms with Gasteiger partial charge in [-0.1, -0.05) is 17.7 Å². The second-order valence-corrected chi connectivity index (χ2v) is 4.75. The minimum atomic E-state index is 0.235. The molecule has 1 unspecified atom stereocenters. The Bertz CT molecular complexity index is 513. The fourth-order valence-corrected chi connectivity index (χ4v) is 2.16. The van der Waals surface area contributed by atoms with Crippen molar-refractivity contribution in [1.29, 1.82) is 0 Å². The molecule has 0 spiro atoms. The zero-order valence-corrected chi connectivity index (χ0v) is 11.9. The number of nitrogens with one attached hydrogen (secondary N) is 1. The maximum absolute atomic E-state index is 6.12. The molecule has 4 nitrogen and oxygen atoms in total. The Hall–Kier alpha value is -1.52. The Kier molecular flexibility index (Phi) is 4.82. The molecule has 19 heavy (non-hydrogen) atoms. The van der Waals surface area contributed by atoms with Crippen LogP contribution in [0, 0.1) is 0 Å². The van der Waals surface area contributed by atoms with Crippen LogP contribution in [0.3, 0.4) is 0 Å². The van der Waals surface area contributed by atoms with E-state index < -0.39 is 0 Å². The van der Waals surface area contributed by atoms with Gasteiger partial charge in [0, 0.05) is 25.0 Å². The van der Waals surface area contributed by atoms with Crippen molar-refractivity contribution in [3.63, 3.8) is 0 Å². The first-order chi connectivity index (χ1) is 9.20. The highest BCUT2D eigenvalue weighted by molar-refractivity contribution is 6.32. The summed E-state index contributed by atoms with van der Waals surface area (Å²) in [5.74, 6) is 0.703. The number of rotatable bonds is 6. The summed E-state index contributed by atoms with van der Waals surface area (Å²) in [6, 6.07) is 8.01.